The Hall–Kier alpha value is -1.10. The second kappa shape index (κ2) is 6.12. The highest BCUT2D eigenvalue weighted by atomic mass is 16.4. The summed E-state index contributed by atoms with van der Waals surface area (Å²) in [7, 11) is 0. The number of fused-ring (bicyclic) bond motifs is 1. The molecule has 0 bridgehead atoms. The van der Waals surface area contributed by atoms with E-state index in [2.05, 4.69) is 0 Å². The quantitative estimate of drug-likeness (QED) is 0.820. The van der Waals surface area contributed by atoms with Gasteiger partial charge in [0.2, 0.25) is 5.91 Å². The van der Waals surface area contributed by atoms with Crippen LogP contribution in [0.2, 0.25) is 0 Å². The van der Waals surface area contributed by atoms with Crippen LogP contribution in [-0.4, -0.2) is 40.0 Å². The van der Waals surface area contributed by atoms with Gasteiger partial charge in [0.15, 0.2) is 0 Å². The van der Waals surface area contributed by atoms with Crippen molar-refractivity contribution >= 4 is 11.9 Å². The van der Waals surface area contributed by atoms with Crippen molar-refractivity contribution in [3.63, 3.8) is 0 Å². The molecule has 114 valence electrons. The maximum Gasteiger partial charge on any atom is 0.326 e. The van der Waals surface area contributed by atoms with Crippen LogP contribution in [0, 0.1) is 11.8 Å². The molecular formula is C15H26N2O3. The first-order valence-corrected chi connectivity index (χ1v) is 7.72. The summed E-state index contributed by atoms with van der Waals surface area (Å²) in [6.07, 6.45) is 5.40. The molecule has 20 heavy (non-hydrogen) atoms. The van der Waals surface area contributed by atoms with Crippen molar-refractivity contribution in [2.24, 2.45) is 17.6 Å². The average Bonchev–Trinajstić information content (AvgIpc) is 2.76. The predicted octanol–water partition coefficient (Wildman–Crippen LogP) is 1.60. The lowest BCUT2D eigenvalue weighted by Crippen LogP contribution is -2.52. The lowest BCUT2D eigenvalue weighted by Gasteiger charge is -2.34. The zero-order valence-corrected chi connectivity index (χ0v) is 12.4. The summed E-state index contributed by atoms with van der Waals surface area (Å²) in [5, 5.41) is 9.41. The van der Waals surface area contributed by atoms with Gasteiger partial charge in [-0.05, 0) is 37.5 Å². The molecular weight excluding hydrogens is 256 g/mol. The molecule has 2 fully saturated rings. The summed E-state index contributed by atoms with van der Waals surface area (Å²) in [5.41, 5.74) is 6.00. The minimum Gasteiger partial charge on any atom is -0.480 e. The SMILES string of the molecule is CC(C)C[C@@H](N)C(=O)N1C(C(=O)O)CC2CCCCC21. The largest absolute Gasteiger partial charge is 0.480 e. The van der Waals surface area contributed by atoms with E-state index in [9.17, 15) is 14.7 Å². The van der Waals surface area contributed by atoms with E-state index in [1.807, 2.05) is 13.8 Å². The lowest BCUT2D eigenvalue weighted by atomic mass is 9.84. The molecule has 1 heterocycles. The molecule has 5 nitrogen and oxygen atoms in total. The van der Waals surface area contributed by atoms with Crippen LogP contribution in [0.15, 0.2) is 0 Å². The molecule has 0 aromatic carbocycles. The second-order valence-electron chi connectivity index (χ2n) is 6.68. The molecule has 0 radical (unpaired) electrons. The van der Waals surface area contributed by atoms with Gasteiger partial charge in [0.05, 0.1) is 6.04 Å². The predicted molar refractivity (Wildman–Crippen MR) is 76.1 cm³/mol. The zero-order chi connectivity index (χ0) is 14.9. The van der Waals surface area contributed by atoms with Crippen LogP contribution in [0.5, 0.6) is 0 Å². The Labute approximate surface area is 120 Å². The molecule has 1 saturated carbocycles. The second-order valence-corrected chi connectivity index (χ2v) is 6.68. The highest BCUT2D eigenvalue weighted by Gasteiger charge is 2.48. The fourth-order valence-corrected chi connectivity index (χ4v) is 3.80. The van der Waals surface area contributed by atoms with E-state index in [0.717, 1.165) is 25.7 Å². The maximum absolute atomic E-state index is 12.6. The Kier molecular flexibility index (Phi) is 4.68. The minimum absolute atomic E-state index is 0.0931. The topological polar surface area (TPSA) is 83.6 Å². The Morgan fingerprint density at radius 2 is 1.95 bits per heavy atom. The minimum atomic E-state index is -0.885. The number of carbonyl (C=O) groups is 2. The number of hydrogen-bond acceptors (Lipinski definition) is 3. The van der Waals surface area contributed by atoms with Crippen LogP contribution < -0.4 is 5.73 Å². The molecule has 2 rings (SSSR count). The number of nitrogens with zero attached hydrogens (tertiary/aromatic N) is 1. The van der Waals surface area contributed by atoms with Crippen molar-refractivity contribution in [2.45, 2.75) is 70.5 Å². The summed E-state index contributed by atoms with van der Waals surface area (Å²) in [6.45, 7) is 4.05. The van der Waals surface area contributed by atoms with E-state index in [1.54, 1.807) is 4.90 Å². The first-order chi connectivity index (χ1) is 9.41. The van der Waals surface area contributed by atoms with E-state index < -0.39 is 18.1 Å². The fraction of sp³-hybridized carbons (Fsp3) is 0.867. The third-order valence-corrected chi connectivity index (χ3v) is 4.67. The number of aliphatic carboxylic acids is 1. The van der Waals surface area contributed by atoms with Crippen molar-refractivity contribution in [3.05, 3.63) is 0 Å². The van der Waals surface area contributed by atoms with Gasteiger partial charge in [0, 0.05) is 6.04 Å². The number of carboxylic acids is 1. The van der Waals surface area contributed by atoms with Crippen molar-refractivity contribution in [1.29, 1.82) is 0 Å². The van der Waals surface area contributed by atoms with Crippen LogP contribution in [0.3, 0.4) is 0 Å². The smallest absolute Gasteiger partial charge is 0.326 e. The van der Waals surface area contributed by atoms with E-state index >= 15 is 0 Å². The number of hydrogen-bond donors (Lipinski definition) is 2. The summed E-state index contributed by atoms with van der Waals surface area (Å²) in [5.74, 6) is -0.368. The Morgan fingerprint density at radius 1 is 1.30 bits per heavy atom. The number of carboxylic acid groups (broad SMARTS) is 1. The third-order valence-electron chi connectivity index (χ3n) is 4.67. The normalized spacial score (nSPS) is 31.2. The highest BCUT2D eigenvalue weighted by Crippen LogP contribution is 2.40. The van der Waals surface area contributed by atoms with E-state index in [-0.39, 0.29) is 11.9 Å². The van der Waals surface area contributed by atoms with Gasteiger partial charge >= 0.3 is 5.97 Å². The van der Waals surface area contributed by atoms with Gasteiger partial charge in [-0.1, -0.05) is 26.7 Å². The molecule has 1 aliphatic heterocycles. The first kappa shape index (κ1) is 15.3. The molecule has 2 aliphatic rings. The van der Waals surface area contributed by atoms with Crippen molar-refractivity contribution < 1.29 is 14.7 Å². The Morgan fingerprint density at radius 3 is 2.55 bits per heavy atom. The standard InChI is InChI=1S/C15H26N2O3/c1-9(2)7-11(16)14(18)17-12-6-4-3-5-10(12)8-13(17)15(19)20/h9-13H,3-8,16H2,1-2H3,(H,19,20)/t10?,11-,12?,13?/m1/s1. The van der Waals surface area contributed by atoms with Gasteiger partial charge in [-0.2, -0.15) is 0 Å². The Bertz CT molecular complexity index is 383. The lowest BCUT2D eigenvalue weighted by molar-refractivity contribution is -0.150. The number of amides is 1. The first-order valence-electron chi connectivity index (χ1n) is 7.72. The number of rotatable bonds is 4. The van der Waals surface area contributed by atoms with Gasteiger partial charge in [-0.15, -0.1) is 0 Å². The summed E-state index contributed by atoms with van der Waals surface area (Å²) >= 11 is 0. The molecule has 4 atom stereocenters. The number of likely N-dealkylation sites (tertiary alicyclic amines) is 1. The summed E-state index contributed by atoms with van der Waals surface area (Å²) in [6, 6.07) is -1.15. The molecule has 0 aromatic rings. The molecule has 3 N–H and O–H groups in total. The maximum atomic E-state index is 12.6. The average molecular weight is 282 g/mol. The highest BCUT2D eigenvalue weighted by molar-refractivity contribution is 5.88. The van der Waals surface area contributed by atoms with Crippen LogP contribution >= 0.6 is 0 Å². The molecule has 0 spiro atoms. The monoisotopic (exact) mass is 282 g/mol. The van der Waals surface area contributed by atoms with Crippen molar-refractivity contribution in [1.82, 2.24) is 4.90 Å². The molecule has 1 aliphatic carbocycles. The van der Waals surface area contributed by atoms with Gasteiger partial charge in [-0.25, -0.2) is 4.79 Å². The molecule has 0 aromatic heterocycles. The van der Waals surface area contributed by atoms with Crippen LogP contribution in [0.1, 0.15) is 52.4 Å². The molecule has 1 saturated heterocycles. The van der Waals surface area contributed by atoms with Crippen molar-refractivity contribution in [3.8, 4) is 0 Å². The number of carbonyl (C=O) groups excluding carboxylic acids is 1. The Balaban J connectivity index is 2.16. The summed E-state index contributed by atoms with van der Waals surface area (Å²) in [4.78, 5) is 25.7. The van der Waals surface area contributed by atoms with Crippen LogP contribution in [-0.2, 0) is 9.59 Å². The van der Waals surface area contributed by atoms with Gasteiger partial charge in [-0.3, -0.25) is 4.79 Å². The molecule has 5 heteroatoms. The van der Waals surface area contributed by atoms with Gasteiger partial charge < -0.3 is 15.7 Å². The van der Waals surface area contributed by atoms with Crippen LogP contribution in [0.25, 0.3) is 0 Å². The van der Waals surface area contributed by atoms with E-state index in [4.69, 9.17) is 5.73 Å². The van der Waals surface area contributed by atoms with Crippen molar-refractivity contribution in [2.75, 3.05) is 0 Å². The molecule has 1 amide bonds. The third kappa shape index (κ3) is 2.97. The summed E-state index contributed by atoms with van der Waals surface area (Å²) < 4.78 is 0. The van der Waals surface area contributed by atoms with E-state index in [1.165, 1.54) is 0 Å². The van der Waals surface area contributed by atoms with E-state index in [0.29, 0.717) is 24.7 Å². The van der Waals surface area contributed by atoms with Crippen LogP contribution in [0.4, 0.5) is 0 Å². The molecule has 3 unspecified atom stereocenters. The zero-order valence-electron chi connectivity index (χ0n) is 12.4. The number of nitrogens with two attached hydrogens (primary N) is 1. The van der Waals surface area contributed by atoms with Gasteiger partial charge in [0.25, 0.3) is 0 Å². The van der Waals surface area contributed by atoms with Gasteiger partial charge in [0.1, 0.15) is 6.04 Å². The fourth-order valence-electron chi connectivity index (χ4n) is 3.80.